The predicted octanol–water partition coefficient (Wildman–Crippen LogP) is -0.414. The van der Waals surface area contributed by atoms with Crippen LogP contribution in [0.5, 0.6) is 0 Å². The lowest BCUT2D eigenvalue weighted by Gasteiger charge is -2.26. The van der Waals surface area contributed by atoms with Crippen LogP contribution in [-0.2, 0) is 31.6 Å². The van der Waals surface area contributed by atoms with Crippen molar-refractivity contribution >= 4 is 40.4 Å². The number of ether oxygens (including phenoxy) is 1. The number of anilines is 1. The Balaban J connectivity index is 1.82. The van der Waals surface area contributed by atoms with Crippen molar-refractivity contribution in [2.45, 2.75) is 24.1 Å². The Kier molecular flexibility index (Phi) is 7.25. The number of hydrogen-bond acceptors (Lipinski definition) is 11. The number of phosphoric ester groups is 1. The first-order valence-electron chi connectivity index (χ1n) is 8.71. The van der Waals surface area contributed by atoms with Gasteiger partial charge >= 0.3 is 23.5 Å². The molecule has 4 unspecified atom stereocenters. The van der Waals surface area contributed by atoms with Crippen molar-refractivity contribution in [3.8, 4) is 0 Å². The van der Waals surface area contributed by atoms with E-state index in [4.69, 9.17) is 25.2 Å². The highest BCUT2D eigenvalue weighted by Gasteiger charge is 2.59. The summed E-state index contributed by atoms with van der Waals surface area (Å²) in [4.78, 5) is 53.6. The van der Waals surface area contributed by atoms with Gasteiger partial charge in [-0.25, -0.2) is 22.5 Å². The lowest BCUT2D eigenvalue weighted by Crippen LogP contribution is -2.45. The van der Waals surface area contributed by atoms with Gasteiger partial charge in [0.1, 0.15) is 18.9 Å². The molecule has 0 radical (unpaired) electrons. The van der Waals surface area contributed by atoms with Crippen molar-refractivity contribution in [1.82, 2.24) is 14.5 Å². The first-order chi connectivity index (χ1) is 15.5. The highest BCUT2D eigenvalue weighted by molar-refractivity contribution is 7.66. The average Bonchev–Trinajstić information content (AvgIpc) is 3.17. The Bertz CT molecular complexity index is 1280. The zero-order chi connectivity index (χ0) is 25.7. The number of nitrogens with two attached hydrogens (primary N) is 1. The number of aliphatic hydroxyl groups is 1. The molecule has 1 aliphatic rings. The van der Waals surface area contributed by atoms with Crippen LogP contribution in [0.25, 0.3) is 11.0 Å². The van der Waals surface area contributed by atoms with Crippen LogP contribution in [0, 0.1) is 0 Å². The van der Waals surface area contributed by atoms with Gasteiger partial charge in [0.15, 0.2) is 11.9 Å². The number of fused-ring (bicyclic) bond motifs is 1. The molecule has 0 spiro atoms. The number of hydrogen-bond donors (Lipinski definition) is 7. The number of nitrogens with zero attached hydrogens (tertiary/aromatic N) is 2. The standard InChI is InChI=1S/C12H17F2N4O13P3/c13-4-12(14)7(19)6(3-28-33(24,25)31-34(26,27)30-32(21,22)23)29-10(12)18-2-1-5-8(18)16-11(15)17-9(5)20/h1-2,6-7,10,19H,3-4H2,(H,24,25)(H,26,27)(H2,21,22,23)(H3,15,16,17,20)/t6?,7-,10+,12?/m0/s1. The molecule has 0 amide bonds. The van der Waals surface area contributed by atoms with Gasteiger partial charge in [0, 0.05) is 6.20 Å². The van der Waals surface area contributed by atoms with E-state index in [-0.39, 0.29) is 17.0 Å². The monoisotopic (exact) mass is 556 g/mol. The van der Waals surface area contributed by atoms with Crippen molar-refractivity contribution in [3.05, 3.63) is 22.6 Å². The average molecular weight is 556 g/mol. The largest absolute Gasteiger partial charge is 0.490 e. The number of phosphoric acid groups is 3. The number of H-pyrrole nitrogens is 1. The molecule has 0 aromatic carbocycles. The van der Waals surface area contributed by atoms with E-state index in [1.807, 2.05) is 0 Å². The van der Waals surface area contributed by atoms with Crippen molar-refractivity contribution in [2.75, 3.05) is 19.0 Å². The van der Waals surface area contributed by atoms with E-state index >= 15 is 4.39 Å². The van der Waals surface area contributed by atoms with E-state index in [2.05, 4.69) is 23.1 Å². The van der Waals surface area contributed by atoms with Crippen LogP contribution in [0.3, 0.4) is 0 Å². The Morgan fingerprint density at radius 2 is 1.88 bits per heavy atom. The summed E-state index contributed by atoms with van der Waals surface area (Å²) in [5.41, 5.74) is 1.30. The number of nitrogen functional groups attached to an aromatic ring is 1. The molecule has 192 valence electrons. The minimum atomic E-state index is -5.83. The molecule has 0 bridgehead atoms. The highest BCUT2D eigenvalue weighted by atomic mass is 31.3. The van der Waals surface area contributed by atoms with Gasteiger partial charge in [0.05, 0.1) is 12.0 Å². The quantitative estimate of drug-likeness (QED) is 0.193. The maximum absolute atomic E-state index is 15.4. The number of alkyl halides is 2. The molecule has 1 saturated heterocycles. The Morgan fingerprint density at radius 1 is 1.24 bits per heavy atom. The third-order valence-electron chi connectivity index (χ3n) is 4.43. The highest BCUT2D eigenvalue weighted by Crippen LogP contribution is 2.66. The van der Waals surface area contributed by atoms with Crippen LogP contribution in [0.1, 0.15) is 6.23 Å². The van der Waals surface area contributed by atoms with E-state index < -0.39 is 66.4 Å². The molecule has 1 aliphatic heterocycles. The van der Waals surface area contributed by atoms with E-state index in [0.29, 0.717) is 0 Å². The second kappa shape index (κ2) is 9.13. The minimum absolute atomic E-state index is 0.0924. The molecule has 22 heteroatoms. The number of rotatable bonds is 9. The third-order valence-corrected chi connectivity index (χ3v) is 8.24. The second-order valence-electron chi connectivity index (χ2n) is 6.83. The fraction of sp³-hybridized carbons (Fsp3) is 0.500. The molecule has 3 rings (SSSR count). The summed E-state index contributed by atoms with van der Waals surface area (Å²) in [6.07, 6.45) is -5.16. The van der Waals surface area contributed by atoms with Crippen LogP contribution in [0.15, 0.2) is 17.1 Å². The molecule has 2 aromatic rings. The normalized spacial score (nSPS) is 29.2. The predicted molar refractivity (Wildman–Crippen MR) is 104 cm³/mol. The second-order valence-corrected chi connectivity index (χ2v) is 11.3. The van der Waals surface area contributed by atoms with Crippen molar-refractivity contribution in [3.63, 3.8) is 0 Å². The molecule has 0 aliphatic carbocycles. The molecule has 1 fully saturated rings. The van der Waals surface area contributed by atoms with Gasteiger partial charge in [0.2, 0.25) is 11.6 Å². The maximum atomic E-state index is 15.4. The van der Waals surface area contributed by atoms with Crippen LogP contribution < -0.4 is 11.3 Å². The van der Waals surface area contributed by atoms with Gasteiger partial charge in [-0.3, -0.25) is 14.3 Å². The lowest BCUT2D eigenvalue weighted by molar-refractivity contribution is -0.0683. The number of aliphatic hydroxyl groups excluding tert-OH is 1. The van der Waals surface area contributed by atoms with E-state index in [1.54, 1.807) is 0 Å². The van der Waals surface area contributed by atoms with Gasteiger partial charge in [-0.2, -0.15) is 13.6 Å². The molecular formula is C12H17F2N4O13P3. The summed E-state index contributed by atoms with van der Waals surface area (Å²) in [6.45, 7) is -3.09. The summed E-state index contributed by atoms with van der Waals surface area (Å²) >= 11 is 0. The summed E-state index contributed by atoms with van der Waals surface area (Å²) < 4.78 is 80.3. The van der Waals surface area contributed by atoms with E-state index in [9.17, 15) is 32.9 Å². The lowest BCUT2D eigenvalue weighted by atomic mass is 9.97. The van der Waals surface area contributed by atoms with E-state index in [0.717, 1.165) is 10.8 Å². The summed E-state index contributed by atoms with van der Waals surface area (Å²) in [7, 11) is -17.1. The van der Waals surface area contributed by atoms with Crippen LogP contribution in [-0.4, -0.2) is 70.4 Å². The minimum Gasteiger partial charge on any atom is -0.387 e. The SMILES string of the molecule is Nc1nc2c(ccn2[C@@H]2OC(COP(=O)(O)OP(=O)(O)OP(=O)(O)O)[C@H](O)C2(F)CF)c(=O)[nH]1. The van der Waals surface area contributed by atoms with Gasteiger partial charge < -0.3 is 39.7 Å². The Morgan fingerprint density at radius 3 is 2.47 bits per heavy atom. The number of aromatic amines is 1. The molecule has 8 N–H and O–H groups in total. The summed E-state index contributed by atoms with van der Waals surface area (Å²) in [6, 6.07) is 1.17. The van der Waals surface area contributed by atoms with Crippen molar-refractivity contribution in [2.24, 2.45) is 0 Å². The fourth-order valence-corrected chi connectivity index (χ4v) is 6.13. The van der Waals surface area contributed by atoms with Gasteiger partial charge in [-0.15, -0.1) is 0 Å². The first-order valence-corrected chi connectivity index (χ1v) is 13.2. The smallest absolute Gasteiger partial charge is 0.387 e. The van der Waals surface area contributed by atoms with Crippen LogP contribution >= 0.6 is 23.5 Å². The molecular weight excluding hydrogens is 539 g/mol. The molecule has 34 heavy (non-hydrogen) atoms. The fourth-order valence-electron chi connectivity index (χ4n) is 3.10. The molecule has 3 heterocycles. The van der Waals surface area contributed by atoms with Gasteiger partial charge in [-0.05, 0) is 6.07 Å². The van der Waals surface area contributed by atoms with Crippen LogP contribution in [0.4, 0.5) is 14.7 Å². The summed E-state index contributed by atoms with van der Waals surface area (Å²) in [5, 5.41) is 10.2. The Labute approximate surface area is 186 Å². The number of nitrogens with one attached hydrogen (secondary N) is 1. The first kappa shape index (κ1) is 27.0. The topological polar surface area (TPSA) is 266 Å². The molecule has 6 atom stereocenters. The molecule has 17 nitrogen and oxygen atoms in total. The molecule has 2 aromatic heterocycles. The van der Waals surface area contributed by atoms with Gasteiger partial charge in [0.25, 0.3) is 5.56 Å². The molecule has 0 saturated carbocycles. The Hall–Kier alpha value is -1.59. The van der Waals surface area contributed by atoms with Gasteiger partial charge in [-0.1, -0.05) is 0 Å². The maximum Gasteiger partial charge on any atom is 0.490 e. The number of halogens is 2. The summed E-state index contributed by atoms with van der Waals surface area (Å²) in [5.74, 6) is -0.370. The zero-order valence-corrected chi connectivity index (χ0v) is 19.1. The third kappa shape index (κ3) is 5.62. The number of aromatic nitrogens is 3. The van der Waals surface area contributed by atoms with Crippen LogP contribution in [0.2, 0.25) is 0 Å². The van der Waals surface area contributed by atoms with Crippen molar-refractivity contribution < 1.29 is 65.0 Å². The zero-order valence-electron chi connectivity index (χ0n) is 16.4. The van der Waals surface area contributed by atoms with Crippen molar-refractivity contribution in [1.29, 1.82) is 0 Å². The van der Waals surface area contributed by atoms with E-state index in [1.165, 1.54) is 6.07 Å².